The van der Waals surface area contributed by atoms with E-state index in [9.17, 15) is 4.79 Å². The highest BCUT2D eigenvalue weighted by Gasteiger charge is 2.14. The predicted octanol–water partition coefficient (Wildman–Crippen LogP) is 6.52. The van der Waals surface area contributed by atoms with Crippen LogP contribution in [0.2, 0.25) is 0 Å². The van der Waals surface area contributed by atoms with Gasteiger partial charge in [-0.1, -0.05) is 37.3 Å². The Bertz CT molecular complexity index is 1100. The van der Waals surface area contributed by atoms with Crippen molar-refractivity contribution in [1.82, 2.24) is 0 Å². The zero-order chi connectivity index (χ0) is 24.5. The summed E-state index contributed by atoms with van der Waals surface area (Å²) in [6.45, 7) is 4.88. The van der Waals surface area contributed by atoms with Crippen LogP contribution in [0.15, 0.2) is 66.7 Å². The molecule has 0 amide bonds. The molecule has 1 aliphatic rings. The predicted molar refractivity (Wildman–Crippen MR) is 137 cm³/mol. The highest BCUT2D eigenvalue weighted by Crippen LogP contribution is 2.36. The number of carboxylic acid groups (broad SMARTS) is 1. The molecule has 184 valence electrons. The molecule has 6 heteroatoms. The first-order valence-corrected chi connectivity index (χ1v) is 12.3. The third-order valence-electron chi connectivity index (χ3n) is 6.03. The molecule has 0 aliphatic carbocycles. The smallest absolute Gasteiger partial charge is 0.303 e. The highest BCUT2D eigenvalue weighted by atomic mass is 16.7. The fourth-order valence-corrected chi connectivity index (χ4v) is 4.17. The van der Waals surface area contributed by atoms with Crippen LogP contribution in [0.3, 0.4) is 0 Å². The fraction of sp³-hybridized carbons (Fsp3) is 0.345. The summed E-state index contributed by atoms with van der Waals surface area (Å²) in [4.78, 5) is 12.9. The molecule has 1 aliphatic heterocycles. The molecule has 0 spiro atoms. The van der Waals surface area contributed by atoms with Crippen molar-refractivity contribution in [3.63, 3.8) is 0 Å². The molecule has 0 aromatic heterocycles. The number of carboxylic acids is 1. The average Bonchev–Trinajstić information content (AvgIpc) is 3.35. The number of benzene rings is 3. The van der Waals surface area contributed by atoms with E-state index in [0.29, 0.717) is 13.0 Å². The lowest BCUT2D eigenvalue weighted by Crippen LogP contribution is -2.23. The molecular weight excluding hydrogens is 442 g/mol. The van der Waals surface area contributed by atoms with Crippen LogP contribution >= 0.6 is 0 Å². The van der Waals surface area contributed by atoms with Gasteiger partial charge in [-0.2, -0.15) is 0 Å². The first kappa shape index (κ1) is 24.5. The number of nitrogens with zero attached hydrogens (tertiary/aromatic N) is 1. The van der Waals surface area contributed by atoms with Gasteiger partial charge in [0, 0.05) is 25.2 Å². The van der Waals surface area contributed by atoms with Gasteiger partial charge in [-0.05, 0) is 78.8 Å². The van der Waals surface area contributed by atoms with Gasteiger partial charge < -0.3 is 24.2 Å². The van der Waals surface area contributed by atoms with E-state index >= 15 is 0 Å². The highest BCUT2D eigenvalue weighted by molar-refractivity contribution is 5.69. The largest absolute Gasteiger partial charge is 0.494 e. The number of aliphatic carboxylic acids is 1. The van der Waals surface area contributed by atoms with Crippen molar-refractivity contribution in [2.45, 2.75) is 45.6 Å². The zero-order valence-electron chi connectivity index (χ0n) is 20.2. The van der Waals surface area contributed by atoms with Gasteiger partial charge in [-0.3, -0.25) is 4.79 Å². The molecule has 0 fully saturated rings. The number of carbonyl (C=O) groups is 1. The van der Waals surface area contributed by atoms with Crippen molar-refractivity contribution < 1.29 is 24.1 Å². The lowest BCUT2D eigenvalue weighted by Gasteiger charge is -2.25. The average molecular weight is 476 g/mol. The molecule has 6 nitrogen and oxygen atoms in total. The van der Waals surface area contributed by atoms with E-state index in [4.69, 9.17) is 19.3 Å². The number of rotatable bonds is 13. The summed E-state index contributed by atoms with van der Waals surface area (Å²) in [7, 11) is 0. The topological polar surface area (TPSA) is 68.2 Å². The molecule has 0 atom stereocenters. The van der Waals surface area contributed by atoms with E-state index < -0.39 is 5.97 Å². The Kier molecular flexibility index (Phi) is 8.49. The zero-order valence-corrected chi connectivity index (χ0v) is 20.2. The Balaban J connectivity index is 1.32. The number of hydrogen-bond donors (Lipinski definition) is 1. The van der Waals surface area contributed by atoms with Crippen molar-refractivity contribution in [2.75, 3.05) is 24.8 Å². The lowest BCUT2D eigenvalue weighted by molar-refractivity contribution is -0.137. The van der Waals surface area contributed by atoms with Gasteiger partial charge in [0.25, 0.3) is 0 Å². The third-order valence-corrected chi connectivity index (χ3v) is 6.03. The van der Waals surface area contributed by atoms with Crippen LogP contribution in [0.5, 0.6) is 17.2 Å². The van der Waals surface area contributed by atoms with E-state index in [2.05, 4.69) is 54.3 Å². The van der Waals surface area contributed by atoms with Crippen LogP contribution in [0.4, 0.5) is 5.69 Å². The van der Waals surface area contributed by atoms with Gasteiger partial charge in [-0.15, -0.1) is 0 Å². The molecule has 0 radical (unpaired) electrons. The molecule has 3 aromatic rings. The molecule has 3 aromatic carbocycles. The van der Waals surface area contributed by atoms with Crippen LogP contribution < -0.4 is 19.1 Å². The van der Waals surface area contributed by atoms with Crippen LogP contribution in [-0.2, 0) is 11.3 Å². The minimum atomic E-state index is -0.737. The van der Waals surface area contributed by atoms with Gasteiger partial charge in [0.1, 0.15) is 5.75 Å². The normalized spacial score (nSPS) is 11.9. The molecule has 4 rings (SSSR count). The SMILES string of the molecule is CCCN(Cc1ccc(OCCCCCC(=O)O)cc1)c1ccc(-c2ccc3c(c2)OCO3)cc1. The summed E-state index contributed by atoms with van der Waals surface area (Å²) in [6, 6.07) is 23.0. The van der Waals surface area contributed by atoms with Crippen molar-refractivity contribution in [3.05, 3.63) is 72.3 Å². The van der Waals surface area contributed by atoms with Crippen molar-refractivity contribution in [3.8, 4) is 28.4 Å². The molecule has 1 heterocycles. The number of anilines is 1. The van der Waals surface area contributed by atoms with E-state index in [1.807, 2.05) is 24.3 Å². The van der Waals surface area contributed by atoms with Crippen molar-refractivity contribution in [2.24, 2.45) is 0 Å². The van der Waals surface area contributed by atoms with Crippen LogP contribution in [0.25, 0.3) is 11.1 Å². The quantitative estimate of drug-likeness (QED) is 0.284. The second-order valence-electron chi connectivity index (χ2n) is 8.73. The van der Waals surface area contributed by atoms with Crippen LogP contribution in [0, 0.1) is 0 Å². The van der Waals surface area contributed by atoms with Crippen molar-refractivity contribution >= 4 is 11.7 Å². The first-order valence-electron chi connectivity index (χ1n) is 12.3. The summed E-state index contributed by atoms with van der Waals surface area (Å²) in [5, 5.41) is 8.69. The Morgan fingerprint density at radius 2 is 1.66 bits per heavy atom. The Labute approximate surface area is 207 Å². The van der Waals surface area contributed by atoms with Crippen molar-refractivity contribution in [1.29, 1.82) is 0 Å². The van der Waals surface area contributed by atoms with Crippen LogP contribution in [0.1, 0.15) is 44.6 Å². The summed E-state index contributed by atoms with van der Waals surface area (Å²) < 4.78 is 16.7. The minimum Gasteiger partial charge on any atom is -0.494 e. The summed E-state index contributed by atoms with van der Waals surface area (Å²) >= 11 is 0. The monoisotopic (exact) mass is 475 g/mol. The number of unbranched alkanes of at least 4 members (excludes halogenated alkanes) is 2. The van der Waals surface area contributed by atoms with Crippen LogP contribution in [-0.4, -0.2) is 31.0 Å². The maximum Gasteiger partial charge on any atom is 0.303 e. The van der Waals surface area contributed by atoms with E-state index in [0.717, 1.165) is 60.7 Å². The summed E-state index contributed by atoms with van der Waals surface area (Å²) in [6.07, 6.45) is 3.71. The number of fused-ring (bicyclic) bond motifs is 1. The minimum absolute atomic E-state index is 0.226. The Morgan fingerprint density at radius 1 is 0.914 bits per heavy atom. The lowest BCUT2D eigenvalue weighted by atomic mass is 10.0. The standard InChI is InChI=1S/C29H33NO5/c1-2-17-30(20-22-7-14-26(15-8-22)33-18-5-3-4-6-29(31)32)25-12-9-23(10-13-25)24-11-16-27-28(19-24)35-21-34-27/h7-16,19H,2-6,17-18,20-21H2,1H3,(H,31,32). The maximum absolute atomic E-state index is 10.6. The Hall–Kier alpha value is -3.67. The van der Waals surface area contributed by atoms with E-state index in [1.54, 1.807) is 0 Å². The molecule has 35 heavy (non-hydrogen) atoms. The number of hydrogen-bond acceptors (Lipinski definition) is 5. The first-order chi connectivity index (χ1) is 17.1. The van der Waals surface area contributed by atoms with Gasteiger partial charge in [-0.25, -0.2) is 0 Å². The van der Waals surface area contributed by atoms with Gasteiger partial charge in [0.2, 0.25) is 6.79 Å². The second-order valence-corrected chi connectivity index (χ2v) is 8.73. The number of ether oxygens (including phenoxy) is 3. The van der Waals surface area contributed by atoms with E-state index in [-0.39, 0.29) is 13.2 Å². The maximum atomic E-state index is 10.6. The molecule has 0 unspecified atom stereocenters. The Morgan fingerprint density at radius 3 is 2.40 bits per heavy atom. The van der Waals surface area contributed by atoms with E-state index in [1.165, 1.54) is 11.3 Å². The molecular formula is C29H33NO5. The molecule has 0 saturated heterocycles. The van der Waals surface area contributed by atoms with Gasteiger partial charge in [0.15, 0.2) is 11.5 Å². The third kappa shape index (κ3) is 6.92. The van der Waals surface area contributed by atoms with Gasteiger partial charge in [0.05, 0.1) is 6.61 Å². The fourth-order valence-electron chi connectivity index (χ4n) is 4.17. The second kappa shape index (κ2) is 12.2. The summed E-state index contributed by atoms with van der Waals surface area (Å²) in [5.41, 5.74) is 4.68. The summed E-state index contributed by atoms with van der Waals surface area (Å²) in [5.74, 6) is 1.71. The molecule has 1 N–H and O–H groups in total. The molecule has 0 bridgehead atoms. The molecule has 0 saturated carbocycles. The van der Waals surface area contributed by atoms with Gasteiger partial charge >= 0.3 is 5.97 Å².